The number of rotatable bonds is 2. The van der Waals surface area contributed by atoms with E-state index in [-0.39, 0.29) is 4.90 Å². The summed E-state index contributed by atoms with van der Waals surface area (Å²) in [5.74, 6) is -3.88. The van der Waals surface area contributed by atoms with E-state index >= 15 is 0 Å². The fourth-order valence-electron chi connectivity index (χ4n) is 1.29. The third kappa shape index (κ3) is 2.55. The first kappa shape index (κ1) is 11.9. The highest BCUT2D eigenvalue weighted by molar-refractivity contribution is 7.99. The molecule has 2 aromatic carbocycles. The fraction of sp³-hybridized carbons (Fsp3) is 0. The second-order valence-electron chi connectivity index (χ2n) is 3.34. The van der Waals surface area contributed by atoms with E-state index in [1.807, 2.05) is 0 Å². The van der Waals surface area contributed by atoms with Crippen molar-refractivity contribution in [2.75, 3.05) is 5.73 Å². The van der Waals surface area contributed by atoms with Gasteiger partial charge < -0.3 is 5.73 Å². The second-order valence-corrected chi connectivity index (χ2v) is 4.46. The van der Waals surface area contributed by atoms with Crippen LogP contribution in [0.2, 0.25) is 0 Å². The molecule has 88 valence electrons. The number of nitrogen functional groups attached to an aromatic ring is 1. The molecule has 2 aromatic rings. The molecule has 0 aliphatic heterocycles. The third-order valence-electron chi connectivity index (χ3n) is 2.10. The lowest BCUT2D eigenvalue weighted by atomic mass is 10.3. The van der Waals surface area contributed by atoms with E-state index in [4.69, 9.17) is 5.73 Å². The lowest BCUT2D eigenvalue weighted by Crippen LogP contribution is -1.92. The molecule has 2 N–H and O–H groups in total. The first-order valence-electron chi connectivity index (χ1n) is 4.75. The summed E-state index contributed by atoms with van der Waals surface area (Å²) in [5, 5.41) is 0. The van der Waals surface area contributed by atoms with Gasteiger partial charge in [0.15, 0.2) is 17.5 Å². The lowest BCUT2D eigenvalue weighted by Gasteiger charge is -2.05. The van der Waals surface area contributed by atoms with Crippen molar-refractivity contribution in [2.24, 2.45) is 0 Å². The number of halogens is 3. The topological polar surface area (TPSA) is 26.0 Å². The Balaban J connectivity index is 2.34. The molecule has 0 bridgehead atoms. The Morgan fingerprint density at radius 3 is 2.12 bits per heavy atom. The van der Waals surface area contributed by atoms with Crippen LogP contribution in [-0.4, -0.2) is 0 Å². The number of para-hydroxylation sites is 1. The van der Waals surface area contributed by atoms with Crippen LogP contribution in [0.25, 0.3) is 0 Å². The molecule has 0 aromatic heterocycles. The maximum atomic E-state index is 13.0. The smallest absolute Gasteiger partial charge is 0.194 e. The van der Waals surface area contributed by atoms with Crippen molar-refractivity contribution < 1.29 is 13.2 Å². The SMILES string of the molecule is Nc1ccccc1Sc1cc(F)c(F)c(F)c1. The Hall–Kier alpha value is -1.62. The summed E-state index contributed by atoms with van der Waals surface area (Å²) < 4.78 is 38.7. The molecule has 0 heterocycles. The van der Waals surface area contributed by atoms with Crippen LogP contribution >= 0.6 is 11.8 Å². The van der Waals surface area contributed by atoms with E-state index in [1.165, 1.54) is 0 Å². The molecule has 1 nitrogen and oxygen atoms in total. The minimum Gasteiger partial charge on any atom is -0.398 e. The normalized spacial score (nSPS) is 10.5. The van der Waals surface area contributed by atoms with Gasteiger partial charge in [0.2, 0.25) is 0 Å². The number of hydrogen-bond donors (Lipinski definition) is 1. The molecule has 0 aliphatic rings. The standard InChI is InChI=1S/C12H8F3NS/c13-8-5-7(6-9(14)12(8)15)17-11-4-2-1-3-10(11)16/h1-6H,16H2. The van der Waals surface area contributed by atoms with E-state index in [9.17, 15) is 13.2 Å². The van der Waals surface area contributed by atoms with Gasteiger partial charge in [0.1, 0.15) is 0 Å². The summed E-state index contributed by atoms with van der Waals surface area (Å²) in [6.45, 7) is 0. The number of benzene rings is 2. The minimum atomic E-state index is -1.46. The van der Waals surface area contributed by atoms with Crippen LogP contribution in [0.5, 0.6) is 0 Å². The zero-order valence-electron chi connectivity index (χ0n) is 8.58. The number of anilines is 1. The zero-order chi connectivity index (χ0) is 12.4. The van der Waals surface area contributed by atoms with Crippen molar-refractivity contribution >= 4 is 17.4 Å². The van der Waals surface area contributed by atoms with E-state index < -0.39 is 17.5 Å². The van der Waals surface area contributed by atoms with Crippen LogP contribution in [-0.2, 0) is 0 Å². The predicted octanol–water partition coefficient (Wildman–Crippen LogP) is 3.84. The van der Waals surface area contributed by atoms with E-state index in [0.717, 1.165) is 23.9 Å². The molecule has 2 rings (SSSR count). The molecule has 0 aliphatic carbocycles. The second kappa shape index (κ2) is 4.71. The Morgan fingerprint density at radius 1 is 0.941 bits per heavy atom. The van der Waals surface area contributed by atoms with Gasteiger partial charge in [0, 0.05) is 15.5 Å². The maximum Gasteiger partial charge on any atom is 0.194 e. The summed E-state index contributed by atoms with van der Waals surface area (Å²) in [6.07, 6.45) is 0. The molecule has 0 unspecified atom stereocenters. The summed E-state index contributed by atoms with van der Waals surface area (Å²) in [7, 11) is 0. The molecular formula is C12H8F3NS. The summed E-state index contributed by atoms with van der Waals surface area (Å²) >= 11 is 1.08. The molecule has 0 saturated carbocycles. The average molecular weight is 255 g/mol. The Morgan fingerprint density at radius 2 is 1.53 bits per heavy atom. The highest BCUT2D eigenvalue weighted by Crippen LogP contribution is 2.33. The lowest BCUT2D eigenvalue weighted by molar-refractivity contribution is 0.443. The molecule has 0 saturated heterocycles. The van der Waals surface area contributed by atoms with Gasteiger partial charge in [0.25, 0.3) is 0 Å². The van der Waals surface area contributed by atoms with Crippen LogP contribution in [0.3, 0.4) is 0 Å². The maximum absolute atomic E-state index is 13.0. The van der Waals surface area contributed by atoms with Crippen molar-refractivity contribution in [3.63, 3.8) is 0 Å². The average Bonchev–Trinajstić information content (AvgIpc) is 2.29. The molecular weight excluding hydrogens is 247 g/mol. The van der Waals surface area contributed by atoms with Crippen LogP contribution in [0.15, 0.2) is 46.2 Å². The van der Waals surface area contributed by atoms with Gasteiger partial charge in [-0.25, -0.2) is 13.2 Å². The van der Waals surface area contributed by atoms with Crippen LogP contribution in [0.4, 0.5) is 18.9 Å². The third-order valence-corrected chi connectivity index (χ3v) is 3.17. The van der Waals surface area contributed by atoms with Gasteiger partial charge >= 0.3 is 0 Å². The van der Waals surface area contributed by atoms with Gasteiger partial charge in [-0.05, 0) is 24.3 Å². The van der Waals surface area contributed by atoms with Gasteiger partial charge in [-0.3, -0.25) is 0 Å². The van der Waals surface area contributed by atoms with Crippen LogP contribution < -0.4 is 5.73 Å². The highest BCUT2D eigenvalue weighted by atomic mass is 32.2. The Kier molecular flexibility index (Phi) is 3.28. The summed E-state index contributed by atoms with van der Waals surface area (Å²) in [4.78, 5) is 0.928. The van der Waals surface area contributed by atoms with Crippen molar-refractivity contribution in [3.8, 4) is 0 Å². The van der Waals surface area contributed by atoms with E-state index in [1.54, 1.807) is 24.3 Å². The summed E-state index contributed by atoms with van der Waals surface area (Å²) in [5.41, 5.74) is 6.19. The van der Waals surface area contributed by atoms with Crippen molar-refractivity contribution in [3.05, 3.63) is 53.8 Å². The van der Waals surface area contributed by atoms with E-state index in [0.29, 0.717) is 10.6 Å². The predicted molar refractivity (Wildman–Crippen MR) is 61.3 cm³/mol. The van der Waals surface area contributed by atoms with Crippen LogP contribution in [0.1, 0.15) is 0 Å². The monoisotopic (exact) mass is 255 g/mol. The Bertz CT molecular complexity index is 534. The molecule has 0 atom stereocenters. The minimum absolute atomic E-state index is 0.263. The highest BCUT2D eigenvalue weighted by Gasteiger charge is 2.11. The van der Waals surface area contributed by atoms with Crippen LogP contribution in [0, 0.1) is 17.5 Å². The molecule has 5 heteroatoms. The van der Waals surface area contributed by atoms with Crippen molar-refractivity contribution in [2.45, 2.75) is 9.79 Å². The van der Waals surface area contributed by atoms with Gasteiger partial charge in [-0.1, -0.05) is 23.9 Å². The van der Waals surface area contributed by atoms with Crippen molar-refractivity contribution in [1.82, 2.24) is 0 Å². The quantitative estimate of drug-likeness (QED) is 0.651. The molecule has 0 spiro atoms. The van der Waals surface area contributed by atoms with Gasteiger partial charge in [0.05, 0.1) is 0 Å². The molecule has 17 heavy (non-hydrogen) atoms. The molecule has 0 fully saturated rings. The first-order chi connectivity index (χ1) is 8.08. The zero-order valence-corrected chi connectivity index (χ0v) is 9.40. The van der Waals surface area contributed by atoms with E-state index in [2.05, 4.69) is 0 Å². The van der Waals surface area contributed by atoms with Gasteiger partial charge in [-0.2, -0.15) is 0 Å². The Labute approximate surface area is 100 Å². The largest absolute Gasteiger partial charge is 0.398 e. The fourth-order valence-corrected chi connectivity index (χ4v) is 2.20. The first-order valence-corrected chi connectivity index (χ1v) is 5.56. The molecule has 0 radical (unpaired) electrons. The molecule has 0 amide bonds. The van der Waals surface area contributed by atoms with Crippen molar-refractivity contribution in [1.29, 1.82) is 0 Å². The summed E-state index contributed by atoms with van der Waals surface area (Å²) in [6, 6.07) is 8.79. The van der Waals surface area contributed by atoms with Gasteiger partial charge in [-0.15, -0.1) is 0 Å². The number of hydrogen-bond acceptors (Lipinski definition) is 2. The number of nitrogens with two attached hydrogens (primary N) is 1.